The number of carbonyl (C=O) groups excluding carboxylic acids is 1. The summed E-state index contributed by atoms with van der Waals surface area (Å²) in [6.07, 6.45) is 6.51. The number of nitrogens with zero attached hydrogens (tertiary/aromatic N) is 4. The number of rotatable bonds is 9. The first kappa shape index (κ1) is 22.2. The first-order valence-electron chi connectivity index (χ1n) is 12.6. The molecule has 1 aliphatic carbocycles. The van der Waals surface area contributed by atoms with Crippen molar-refractivity contribution in [2.75, 3.05) is 37.7 Å². The van der Waals surface area contributed by atoms with Crippen LogP contribution in [-0.2, 0) is 11.2 Å². The van der Waals surface area contributed by atoms with Gasteiger partial charge in [-0.15, -0.1) is 0 Å². The smallest absolute Gasteiger partial charge is 0.324 e. The average Bonchev–Trinajstić information content (AvgIpc) is 3.36. The van der Waals surface area contributed by atoms with E-state index in [9.17, 15) is 4.79 Å². The predicted octanol–water partition coefficient (Wildman–Crippen LogP) is 4.29. The molecule has 2 saturated heterocycles. The number of hydrogen-bond acceptors (Lipinski definition) is 6. The normalized spacial score (nSPS) is 23.0. The summed E-state index contributed by atoms with van der Waals surface area (Å²) in [6, 6.07) is 8.73. The molecule has 1 unspecified atom stereocenters. The number of carbonyl (C=O) groups is 1. The Morgan fingerprint density at radius 3 is 2.55 bits per heavy atom. The number of aromatic nitrogens is 2. The van der Waals surface area contributed by atoms with Gasteiger partial charge in [0.1, 0.15) is 5.75 Å². The lowest BCUT2D eigenvalue weighted by molar-refractivity contribution is -0.133. The molecule has 5 rings (SSSR count). The molecule has 33 heavy (non-hydrogen) atoms. The molecule has 0 N–H and O–H groups in total. The third kappa shape index (κ3) is 5.33. The van der Waals surface area contributed by atoms with Crippen LogP contribution in [0.3, 0.4) is 0 Å². The largest absolute Gasteiger partial charge is 0.494 e. The number of amides is 1. The van der Waals surface area contributed by atoms with Gasteiger partial charge in [0.25, 0.3) is 0 Å². The maximum Gasteiger partial charge on any atom is 0.324 e. The summed E-state index contributed by atoms with van der Waals surface area (Å²) >= 11 is 0. The molecular weight excluding hydrogens is 416 g/mol. The van der Waals surface area contributed by atoms with Gasteiger partial charge in [-0.05, 0) is 67.6 Å². The lowest BCUT2D eigenvalue weighted by atomic mass is 9.90. The summed E-state index contributed by atoms with van der Waals surface area (Å²) in [4.78, 5) is 20.8. The zero-order valence-corrected chi connectivity index (χ0v) is 19.9. The van der Waals surface area contributed by atoms with Crippen molar-refractivity contribution in [3.05, 3.63) is 35.7 Å². The highest BCUT2D eigenvalue weighted by Crippen LogP contribution is 2.50. The van der Waals surface area contributed by atoms with E-state index in [0.29, 0.717) is 18.4 Å². The minimum atomic E-state index is 0.234. The Labute approximate surface area is 196 Å². The average molecular weight is 453 g/mol. The highest BCUT2D eigenvalue weighted by atomic mass is 16.5. The van der Waals surface area contributed by atoms with Gasteiger partial charge in [-0.2, -0.15) is 4.98 Å². The van der Waals surface area contributed by atoms with Crippen molar-refractivity contribution in [3.63, 3.8) is 0 Å². The van der Waals surface area contributed by atoms with Crippen LogP contribution in [0, 0.1) is 17.8 Å². The van der Waals surface area contributed by atoms with Crippen molar-refractivity contribution in [2.24, 2.45) is 17.8 Å². The Hall–Kier alpha value is -2.57. The standard InChI is InChI=1S/C26H36N4O3/c1-18(2)25-27-26(33-28-25)30-13-8-20(9-14-30)23-17-21(23)10-15-32-22-6-4-19(5-7-22)16-24(31)29-11-3-12-29/h4-7,18,20-21,23H,3,8-17H2,1-2H3/t21-,23?/m1/s1. The lowest BCUT2D eigenvalue weighted by Crippen LogP contribution is -2.42. The van der Waals surface area contributed by atoms with Crippen molar-refractivity contribution in [1.29, 1.82) is 0 Å². The zero-order chi connectivity index (χ0) is 22.8. The Kier molecular flexibility index (Phi) is 6.56. The van der Waals surface area contributed by atoms with Crippen molar-refractivity contribution in [2.45, 2.75) is 58.3 Å². The predicted molar refractivity (Wildman–Crippen MR) is 126 cm³/mol. The molecular formula is C26H36N4O3. The maximum atomic E-state index is 12.1. The number of likely N-dealkylation sites (tertiary alicyclic amines) is 1. The maximum absolute atomic E-state index is 12.1. The van der Waals surface area contributed by atoms with Crippen LogP contribution in [0.2, 0.25) is 0 Å². The van der Waals surface area contributed by atoms with Gasteiger partial charge in [0, 0.05) is 32.1 Å². The monoisotopic (exact) mass is 452 g/mol. The number of benzene rings is 1. The molecule has 2 aromatic rings. The van der Waals surface area contributed by atoms with Gasteiger partial charge in [-0.3, -0.25) is 4.79 Å². The van der Waals surface area contributed by atoms with Crippen LogP contribution >= 0.6 is 0 Å². The molecule has 1 amide bonds. The highest BCUT2D eigenvalue weighted by molar-refractivity contribution is 5.79. The van der Waals surface area contributed by atoms with Crippen LogP contribution < -0.4 is 9.64 Å². The van der Waals surface area contributed by atoms with Gasteiger partial charge >= 0.3 is 6.01 Å². The molecule has 0 spiro atoms. The number of anilines is 1. The topological polar surface area (TPSA) is 71.7 Å². The summed E-state index contributed by atoms with van der Waals surface area (Å²) in [5, 5.41) is 4.10. The Morgan fingerprint density at radius 1 is 1.15 bits per heavy atom. The molecule has 1 aromatic carbocycles. The van der Waals surface area contributed by atoms with Crippen molar-refractivity contribution in [3.8, 4) is 5.75 Å². The van der Waals surface area contributed by atoms with E-state index in [0.717, 1.165) is 80.5 Å². The van der Waals surface area contributed by atoms with Crippen molar-refractivity contribution in [1.82, 2.24) is 15.0 Å². The molecule has 3 fully saturated rings. The van der Waals surface area contributed by atoms with Gasteiger partial charge in [0.05, 0.1) is 13.0 Å². The molecule has 7 heteroatoms. The second-order valence-corrected chi connectivity index (χ2v) is 10.3. The van der Waals surface area contributed by atoms with Crippen LogP contribution in [0.1, 0.15) is 63.3 Å². The van der Waals surface area contributed by atoms with Gasteiger partial charge in [-0.1, -0.05) is 31.1 Å². The molecule has 1 saturated carbocycles. The third-order valence-corrected chi connectivity index (χ3v) is 7.59. The van der Waals surface area contributed by atoms with E-state index >= 15 is 0 Å². The first-order chi connectivity index (χ1) is 16.1. The van der Waals surface area contributed by atoms with Crippen LogP contribution in [-0.4, -0.2) is 53.7 Å². The van der Waals surface area contributed by atoms with E-state index in [2.05, 4.69) is 28.9 Å². The summed E-state index contributed by atoms with van der Waals surface area (Å²) in [7, 11) is 0. The first-order valence-corrected chi connectivity index (χ1v) is 12.6. The molecule has 0 radical (unpaired) electrons. The fourth-order valence-electron chi connectivity index (χ4n) is 5.17. The summed E-state index contributed by atoms with van der Waals surface area (Å²) in [6.45, 7) is 8.80. The Balaban J connectivity index is 0.995. The number of piperidine rings is 1. The third-order valence-electron chi connectivity index (χ3n) is 7.59. The van der Waals surface area contributed by atoms with E-state index < -0.39 is 0 Å². The van der Waals surface area contributed by atoms with Crippen molar-refractivity contribution < 1.29 is 14.1 Å². The SMILES string of the molecule is CC(C)c1noc(N2CCC(C3C[C@H]3CCOc3ccc(CC(=O)N4CCC4)cc3)CC2)n1. The van der Waals surface area contributed by atoms with E-state index in [1.165, 1.54) is 19.3 Å². The minimum Gasteiger partial charge on any atom is -0.494 e. The second kappa shape index (κ2) is 9.74. The molecule has 2 aliphatic heterocycles. The molecule has 0 bridgehead atoms. The summed E-state index contributed by atoms with van der Waals surface area (Å²) < 4.78 is 11.5. The Morgan fingerprint density at radius 2 is 1.91 bits per heavy atom. The summed E-state index contributed by atoms with van der Waals surface area (Å²) in [5.74, 6) is 4.68. The van der Waals surface area contributed by atoms with E-state index in [4.69, 9.17) is 9.26 Å². The number of ether oxygens (including phenoxy) is 1. The van der Waals surface area contributed by atoms with Gasteiger partial charge < -0.3 is 19.1 Å². The van der Waals surface area contributed by atoms with Crippen LogP contribution in [0.5, 0.6) is 5.75 Å². The Bertz CT molecular complexity index is 929. The molecule has 1 aromatic heterocycles. The molecule has 2 atom stereocenters. The summed E-state index contributed by atoms with van der Waals surface area (Å²) in [5.41, 5.74) is 1.06. The molecule has 178 valence electrons. The fourth-order valence-corrected chi connectivity index (χ4v) is 5.17. The molecule has 3 heterocycles. The zero-order valence-electron chi connectivity index (χ0n) is 19.9. The van der Waals surface area contributed by atoms with Crippen LogP contribution in [0.15, 0.2) is 28.8 Å². The fraction of sp³-hybridized carbons (Fsp3) is 0.654. The minimum absolute atomic E-state index is 0.234. The van der Waals surface area contributed by atoms with E-state index in [1.807, 2.05) is 29.2 Å². The lowest BCUT2D eigenvalue weighted by Gasteiger charge is -2.31. The van der Waals surface area contributed by atoms with Gasteiger partial charge in [-0.25, -0.2) is 0 Å². The van der Waals surface area contributed by atoms with Gasteiger partial charge in [0.15, 0.2) is 5.82 Å². The number of hydrogen-bond donors (Lipinski definition) is 0. The van der Waals surface area contributed by atoms with Crippen LogP contribution in [0.4, 0.5) is 6.01 Å². The molecule has 7 nitrogen and oxygen atoms in total. The molecule has 3 aliphatic rings. The highest BCUT2D eigenvalue weighted by Gasteiger charge is 2.43. The van der Waals surface area contributed by atoms with Crippen LogP contribution in [0.25, 0.3) is 0 Å². The van der Waals surface area contributed by atoms with E-state index in [1.54, 1.807) is 0 Å². The van der Waals surface area contributed by atoms with Gasteiger partial charge in [0.2, 0.25) is 5.91 Å². The quantitative estimate of drug-likeness (QED) is 0.565. The van der Waals surface area contributed by atoms with Crippen molar-refractivity contribution >= 4 is 11.9 Å². The van der Waals surface area contributed by atoms with E-state index in [-0.39, 0.29) is 5.91 Å². The second-order valence-electron chi connectivity index (χ2n) is 10.3.